The molecule has 0 fully saturated rings. The fourth-order valence-electron chi connectivity index (χ4n) is 2.04. The number of carbonyl (C=O) groups excluding carboxylic acids is 1. The molecule has 1 amide bonds. The molecular weight excluding hydrogens is 230 g/mol. The second-order valence-corrected chi connectivity index (χ2v) is 5.56. The summed E-state index contributed by atoms with van der Waals surface area (Å²) >= 11 is 0. The molecule has 0 aliphatic heterocycles. The Hall–Kier alpha value is -1.32. The summed E-state index contributed by atoms with van der Waals surface area (Å²) in [4.78, 5) is 20.8. The molecule has 0 saturated heterocycles. The Labute approximate surface area is 109 Å². The Morgan fingerprint density at radius 1 is 1.44 bits per heavy atom. The van der Waals surface area contributed by atoms with E-state index in [1.54, 1.807) is 6.08 Å². The summed E-state index contributed by atoms with van der Waals surface area (Å²) in [6.45, 7) is 8.90. The summed E-state index contributed by atoms with van der Waals surface area (Å²) in [5, 5.41) is 10.3. The van der Waals surface area contributed by atoms with Crippen LogP contribution in [0.1, 0.15) is 53.4 Å². The minimum Gasteiger partial charge on any atom is -0.465 e. The van der Waals surface area contributed by atoms with Gasteiger partial charge in [-0.1, -0.05) is 32.8 Å². The first-order valence-electron chi connectivity index (χ1n) is 6.43. The van der Waals surface area contributed by atoms with Crippen molar-refractivity contribution < 1.29 is 14.7 Å². The number of unbranched alkanes of at least 4 members (excludes halogenated alkanes) is 1. The van der Waals surface area contributed by atoms with E-state index in [1.807, 2.05) is 13.8 Å². The summed E-state index contributed by atoms with van der Waals surface area (Å²) in [5.41, 5.74) is 1.43. The Bertz CT molecular complexity index is 319. The maximum Gasteiger partial charge on any atom is 0.404 e. The lowest BCUT2D eigenvalue weighted by molar-refractivity contribution is -0.117. The summed E-state index contributed by atoms with van der Waals surface area (Å²) in [5.74, 6) is 0.286. The molecule has 18 heavy (non-hydrogen) atoms. The SMILES string of the molecule is CC1=CC(=O)CC(C)(C)C1.CCCCNC(=O)O. The highest BCUT2D eigenvalue weighted by atomic mass is 16.4. The molecule has 0 saturated carbocycles. The first-order chi connectivity index (χ1) is 8.26. The lowest BCUT2D eigenvalue weighted by Gasteiger charge is -2.27. The number of amides is 1. The average molecular weight is 255 g/mol. The van der Waals surface area contributed by atoms with Gasteiger partial charge in [-0.2, -0.15) is 0 Å². The molecule has 0 spiro atoms. The normalized spacial score (nSPS) is 17.3. The van der Waals surface area contributed by atoms with Crippen LogP contribution < -0.4 is 5.32 Å². The quantitative estimate of drug-likeness (QED) is 0.760. The van der Waals surface area contributed by atoms with Crippen LogP contribution in [0.15, 0.2) is 11.6 Å². The van der Waals surface area contributed by atoms with Crippen LogP contribution in [0.4, 0.5) is 4.79 Å². The van der Waals surface area contributed by atoms with E-state index in [9.17, 15) is 9.59 Å². The van der Waals surface area contributed by atoms with Gasteiger partial charge in [0.15, 0.2) is 5.78 Å². The van der Waals surface area contributed by atoms with Crippen LogP contribution in [0.25, 0.3) is 0 Å². The van der Waals surface area contributed by atoms with Gasteiger partial charge in [-0.15, -0.1) is 0 Å². The van der Waals surface area contributed by atoms with Crippen molar-refractivity contribution in [3.8, 4) is 0 Å². The maximum absolute atomic E-state index is 11.0. The van der Waals surface area contributed by atoms with E-state index in [0.29, 0.717) is 13.0 Å². The van der Waals surface area contributed by atoms with E-state index in [2.05, 4.69) is 19.2 Å². The molecule has 0 radical (unpaired) electrons. The minimum atomic E-state index is -0.932. The topological polar surface area (TPSA) is 66.4 Å². The minimum absolute atomic E-state index is 0.204. The van der Waals surface area contributed by atoms with E-state index < -0.39 is 6.09 Å². The molecule has 2 N–H and O–H groups in total. The third kappa shape index (κ3) is 8.79. The molecule has 104 valence electrons. The number of carboxylic acid groups (broad SMARTS) is 1. The van der Waals surface area contributed by atoms with Gasteiger partial charge in [-0.3, -0.25) is 4.79 Å². The van der Waals surface area contributed by atoms with Crippen LogP contribution in [0.5, 0.6) is 0 Å². The van der Waals surface area contributed by atoms with Crippen molar-refractivity contribution in [3.05, 3.63) is 11.6 Å². The zero-order chi connectivity index (χ0) is 14.2. The van der Waals surface area contributed by atoms with Crippen LogP contribution in [-0.2, 0) is 4.79 Å². The van der Waals surface area contributed by atoms with Gasteiger partial charge in [-0.05, 0) is 31.3 Å². The Morgan fingerprint density at radius 3 is 2.44 bits per heavy atom. The van der Waals surface area contributed by atoms with E-state index >= 15 is 0 Å². The van der Waals surface area contributed by atoms with Crippen LogP contribution in [0, 0.1) is 5.41 Å². The summed E-state index contributed by atoms with van der Waals surface area (Å²) in [7, 11) is 0. The van der Waals surface area contributed by atoms with Crippen molar-refractivity contribution in [1.82, 2.24) is 5.32 Å². The number of allylic oxidation sites excluding steroid dienone is 2. The van der Waals surface area contributed by atoms with Crippen LogP contribution >= 0.6 is 0 Å². The predicted molar refractivity (Wildman–Crippen MR) is 72.7 cm³/mol. The molecule has 1 aliphatic carbocycles. The zero-order valence-electron chi connectivity index (χ0n) is 11.9. The van der Waals surface area contributed by atoms with E-state index in [4.69, 9.17) is 5.11 Å². The predicted octanol–water partition coefficient (Wildman–Crippen LogP) is 3.38. The number of hydrogen-bond acceptors (Lipinski definition) is 2. The summed E-state index contributed by atoms with van der Waals surface area (Å²) < 4.78 is 0. The summed E-state index contributed by atoms with van der Waals surface area (Å²) in [6.07, 6.45) is 4.57. The molecule has 1 aliphatic rings. The molecule has 0 bridgehead atoms. The van der Waals surface area contributed by atoms with Crippen molar-refractivity contribution in [1.29, 1.82) is 0 Å². The zero-order valence-corrected chi connectivity index (χ0v) is 11.9. The molecular formula is C14H25NO3. The van der Waals surface area contributed by atoms with Gasteiger partial charge >= 0.3 is 6.09 Å². The number of carbonyl (C=O) groups is 2. The van der Waals surface area contributed by atoms with Crippen molar-refractivity contribution in [2.75, 3.05) is 6.54 Å². The number of hydrogen-bond donors (Lipinski definition) is 2. The third-order valence-corrected chi connectivity index (χ3v) is 2.62. The van der Waals surface area contributed by atoms with Crippen LogP contribution in [0.3, 0.4) is 0 Å². The van der Waals surface area contributed by atoms with Crippen LogP contribution in [0.2, 0.25) is 0 Å². The second-order valence-electron chi connectivity index (χ2n) is 5.56. The fraction of sp³-hybridized carbons (Fsp3) is 0.714. The smallest absolute Gasteiger partial charge is 0.404 e. The fourth-order valence-corrected chi connectivity index (χ4v) is 2.04. The van der Waals surface area contributed by atoms with Crippen LogP contribution in [-0.4, -0.2) is 23.5 Å². The Balaban J connectivity index is 0.000000331. The molecule has 0 heterocycles. The molecule has 0 aromatic heterocycles. The van der Waals surface area contributed by atoms with Gasteiger partial charge in [0.2, 0.25) is 0 Å². The molecule has 0 atom stereocenters. The molecule has 0 unspecified atom stereocenters. The summed E-state index contributed by atoms with van der Waals surface area (Å²) in [6, 6.07) is 0. The van der Waals surface area contributed by atoms with Crippen molar-refractivity contribution in [2.24, 2.45) is 5.41 Å². The highest BCUT2D eigenvalue weighted by Crippen LogP contribution is 2.32. The van der Waals surface area contributed by atoms with Gasteiger partial charge < -0.3 is 10.4 Å². The number of nitrogens with one attached hydrogen (secondary N) is 1. The van der Waals surface area contributed by atoms with Crippen molar-refractivity contribution in [2.45, 2.75) is 53.4 Å². The highest BCUT2D eigenvalue weighted by Gasteiger charge is 2.25. The first-order valence-corrected chi connectivity index (χ1v) is 6.43. The molecule has 0 aromatic carbocycles. The molecule has 1 rings (SSSR count). The van der Waals surface area contributed by atoms with Crippen molar-refractivity contribution >= 4 is 11.9 Å². The van der Waals surface area contributed by atoms with Gasteiger partial charge in [0, 0.05) is 13.0 Å². The maximum atomic E-state index is 11.0. The lowest BCUT2D eigenvalue weighted by atomic mass is 9.77. The van der Waals surface area contributed by atoms with Gasteiger partial charge in [0.1, 0.15) is 0 Å². The number of rotatable bonds is 3. The highest BCUT2D eigenvalue weighted by molar-refractivity contribution is 5.91. The van der Waals surface area contributed by atoms with E-state index in [1.165, 1.54) is 5.57 Å². The van der Waals surface area contributed by atoms with Gasteiger partial charge in [0.25, 0.3) is 0 Å². The Morgan fingerprint density at radius 2 is 2.06 bits per heavy atom. The molecule has 4 heteroatoms. The van der Waals surface area contributed by atoms with Gasteiger partial charge in [0.05, 0.1) is 0 Å². The van der Waals surface area contributed by atoms with Crippen molar-refractivity contribution in [3.63, 3.8) is 0 Å². The van der Waals surface area contributed by atoms with Gasteiger partial charge in [-0.25, -0.2) is 4.79 Å². The van der Waals surface area contributed by atoms with E-state index in [-0.39, 0.29) is 11.2 Å². The molecule has 0 aromatic rings. The van der Waals surface area contributed by atoms with E-state index in [0.717, 1.165) is 19.3 Å². The standard InChI is InChI=1S/C9H14O.C5H11NO2/c1-7-4-8(10)6-9(2,3)5-7;1-2-3-4-6-5(7)8/h4H,5-6H2,1-3H3;6H,2-4H2,1H3,(H,7,8). The lowest BCUT2D eigenvalue weighted by Crippen LogP contribution is -2.21. The largest absolute Gasteiger partial charge is 0.465 e. The Kier molecular flexibility index (Phi) is 7.32. The monoisotopic (exact) mass is 255 g/mol. The average Bonchev–Trinajstić information content (AvgIpc) is 2.14. The first kappa shape index (κ1) is 16.7. The number of ketones is 1. The molecule has 4 nitrogen and oxygen atoms in total. The second kappa shape index (κ2) is 7.90. The third-order valence-electron chi connectivity index (χ3n) is 2.62.